The van der Waals surface area contributed by atoms with Gasteiger partial charge in [0.2, 0.25) is 70.9 Å². The van der Waals surface area contributed by atoms with E-state index in [1.54, 1.807) is 79.8 Å². The average molecular weight is 1540 g/mol. The van der Waals surface area contributed by atoms with Gasteiger partial charge in [-0.3, -0.25) is 77.5 Å². The lowest BCUT2D eigenvalue weighted by Crippen LogP contribution is -2.62. The molecule has 0 aliphatic rings. The van der Waals surface area contributed by atoms with Crippen LogP contribution in [0.4, 0.5) is 0 Å². The number of carbonyl (C=O) groups excluding carboxylic acids is 12. The van der Waals surface area contributed by atoms with Crippen molar-refractivity contribution >= 4 is 106 Å². The summed E-state index contributed by atoms with van der Waals surface area (Å²) in [7, 11) is 0. The number of primary amides is 1. The normalized spacial score (nSPS) is 15.1. The maximum atomic E-state index is 14.9. The molecule has 14 atom stereocenters. The molecule has 39 heteroatoms. The smallest absolute Gasteiger partial charge is 0.243 e. The van der Waals surface area contributed by atoms with E-state index in [1.165, 1.54) is 6.92 Å². The van der Waals surface area contributed by atoms with Crippen LogP contribution in [0.2, 0.25) is 0 Å². The van der Waals surface area contributed by atoms with Crippen LogP contribution >= 0.6 is 0 Å². The molecule has 0 saturated heterocycles. The predicted molar refractivity (Wildman–Crippen MR) is 417 cm³/mol. The van der Waals surface area contributed by atoms with Crippen LogP contribution < -0.4 is 122 Å². The lowest BCUT2D eigenvalue weighted by Gasteiger charge is -2.31. The number of amides is 12. The Morgan fingerprint density at radius 2 is 0.743 bits per heavy atom. The van der Waals surface area contributed by atoms with Gasteiger partial charge in [-0.1, -0.05) is 100 Å². The number of aliphatic imine (C=N–C) groups is 4. The second-order valence-electron chi connectivity index (χ2n) is 28.4. The number of benzene rings is 1. The molecular weight excluding hydrogens is 1410 g/mol. The van der Waals surface area contributed by atoms with Gasteiger partial charge in [0.25, 0.3) is 0 Å². The standard InChI is InChI=1S/C70H125N27O12/c1-12-38(9)53(65(108)94-50(33-41-34-86-43-21-15-14-20-42(41)43)61(104)91-45(23-17-29-83-68(76)77)57(100)88-44(55(73)98)22-16-28-82-67(74)75)96-60(103)47(25-19-31-85-70(80)81)90-59(102)48(26-27-71)89-56(99)40(11)87-64(107)52(37(7)8)95-66(109)54(39(10)13-2)97-62(105)49(32-35(3)4)93-58(101)46(24-18-30-84-69(78)79)92-63(106)51(72)36(5)6/h14-15,20-21,34-40,44-54,86H,12-13,16-19,22-33,71-72H2,1-11H3,(H2,73,98)(H,87,107)(H,88,100)(H,89,99)(H,90,102)(H,91,104)(H,92,106)(H,93,101)(H,94,108)(H,95,109)(H,96,103)(H,97,105)(H4,74,75,82)(H4,76,77,83)(H4,78,79,84)(H4,80,81,85)/t38-,39-,40-,44-,45-,46-,47-,48-,49-,50-,51-,52-,53-,54-/m0/s1. The Labute approximate surface area is 637 Å². The molecular formula is C70H125N27O12. The van der Waals surface area contributed by atoms with Crippen molar-refractivity contribution in [3.05, 3.63) is 36.0 Å². The highest BCUT2D eigenvalue weighted by Gasteiger charge is 2.39. The number of para-hydroxylation sites is 1. The van der Waals surface area contributed by atoms with Crippen LogP contribution in [0.25, 0.3) is 10.9 Å². The van der Waals surface area contributed by atoms with Crippen molar-refractivity contribution in [2.75, 3.05) is 32.7 Å². The zero-order valence-corrected chi connectivity index (χ0v) is 65.0. The quantitative estimate of drug-likeness (QED) is 0.0167. The summed E-state index contributed by atoms with van der Waals surface area (Å²) in [6.45, 7) is 18.8. The van der Waals surface area contributed by atoms with Crippen molar-refractivity contribution in [3.8, 4) is 0 Å². The number of hydrogen-bond acceptors (Lipinski definition) is 18. The van der Waals surface area contributed by atoms with Crippen molar-refractivity contribution in [2.45, 2.75) is 232 Å². The molecule has 109 heavy (non-hydrogen) atoms. The molecule has 1 heterocycles. The third-order valence-corrected chi connectivity index (χ3v) is 18.1. The van der Waals surface area contributed by atoms with Crippen molar-refractivity contribution in [3.63, 3.8) is 0 Å². The maximum absolute atomic E-state index is 14.9. The first-order valence-electron chi connectivity index (χ1n) is 37.1. The van der Waals surface area contributed by atoms with Gasteiger partial charge in [0, 0.05) is 49.7 Å². The highest BCUT2D eigenvalue weighted by molar-refractivity contribution is 6.00. The number of hydrogen-bond donors (Lipinski definition) is 23. The lowest BCUT2D eigenvalue weighted by atomic mass is 9.95. The van der Waals surface area contributed by atoms with Gasteiger partial charge in [0.1, 0.15) is 66.5 Å². The monoisotopic (exact) mass is 1540 g/mol. The minimum Gasteiger partial charge on any atom is -0.370 e. The average Bonchev–Trinajstić information content (AvgIpc) is 0.915. The zero-order valence-electron chi connectivity index (χ0n) is 65.0. The Morgan fingerprint density at radius 3 is 1.16 bits per heavy atom. The van der Waals surface area contributed by atoms with E-state index >= 15 is 0 Å². The van der Waals surface area contributed by atoms with Gasteiger partial charge in [-0.2, -0.15) is 0 Å². The Bertz CT molecular complexity index is 3440. The van der Waals surface area contributed by atoms with E-state index < -0.39 is 161 Å². The predicted octanol–water partition coefficient (Wildman–Crippen LogP) is -5.11. The van der Waals surface area contributed by atoms with Gasteiger partial charge in [0.15, 0.2) is 23.8 Å². The molecule has 39 nitrogen and oxygen atoms in total. The van der Waals surface area contributed by atoms with Crippen LogP contribution in [0.3, 0.4) is 0 Å². The second-order valence-corrected chi connectivity index (χ2v) is 28.4. The topological polar surface area (TPSA) is 689 Å². The van der Waals surface area contributed by atoms with E-state index in [4.69, 9.17) is 63.1 Å². The van der Waals surface area contributed by atoms with Gasteiger partial charge in [-0.05, 0) is 119 Å². The number of guanidine groups is 4. The van der Waals surface area contributed by atoms with Crippen molar-refractivity contribution in [2.24, 2.45) is 113 Å². The molecule has 34 N–H and O–H groups in total. The highest BCUT2D eigenvalue weighted by Crippen LogP contribution is 2.21. The molecule has 0 bridgehead atoms. The molecule has 612 valence electrons. The number of carbonyl (C=O) groups is 12. The summed E-state index contributed by atoms with van der Waals surface area (Å²) in [5, 5.41) is 30.4. The molecule has 1 aromatic carbocycles. The zero-order chi connectivity index (χ0) is 82.4. The van der Waals surface area contributed by atoms with Crippen LogP contribution in [0.15, 0.2) is 50.4 Å². The number of nitrogens with zero attached hydrogens (tertiary/aromatic N) is 4. The number of H-pyrrole nitrogens is 1. The minimum atomic E-state index is -1.45. The van der Waals surface area contributed by atoms with E-state index in [2.05, 4.69) is 83.4 Å². The summed E-state index contributed by atoms with van der Waals surface area (Å²) < 4.78 is 0. The Hall–Kier alpha value is -10.6. The van der Waals surface area contributed by atoms with Gasteiger partial charge in [0.05, 0.1) is 6.04 Å². The van der Waals surface area contributed by atoms with E-state index in [9.17, 15) is 57.5 Å². The van der Waals surface area contributed by atoms with Gasteiger partial charge in [-0.15, -0.1) is 0 Å². The van der Waals surface area contributed by atoms with E-state index in [0.717, 1.165) is 0 Å². The molecule has 1 aromatic heterocycles. The van der Waals surface area contributed by atoms with Crippen LogP contribution in [0, 0.1) is 29.6 Å². The van der Waals surface area contributed by atoms with Gasteiger partial charge in [-0.25, -0.2) is 0 Å². The molecule has 0 radical (unpaired) electrons. The van der Waals surface area contributed by atoms with Crippen molar-refractivity contribution < 1.29 is 57.5 Å². The fourth-order valence-corrected chi connectivity index (χ4v) is 11.3. The van der Waals surface area contributed by atoms with Crippen LogP contribution in [0.5, 0.6) is 0 Å². The first-order valence-corrected chi connectivity index (χ1v) is 37.1. The maximum Gasteiger partial charge on any atom is 0.243 e. The number of aromatic amines is 1. The summed E-state index contributed by atoms with van der Waals surface area (Å²) in [6.07, 6.45) is 2.74. The van der Waals surface area contributed by atoms with Crippen molar-refractivity contribution in [1.82, 2.24) is 63.5 Å². The fraction of sp³-hybridized carbons (Fsp3) is 0.657. The minimum absolute atomic E-state index is 0.00900. The molecule has 0 aliphatic carbocycles. The Balaban J connectivity index is 2.51. The SMILES string of the molecule is CC[C@H](C)[C@H](NC(=O)[C@H](CCCN=C(N)N)NC(=O)[C@H](CCN)NC(=O)[C@H](C)NC(=O)[C@@H](NC(=O)[C@@H](NC(=O)[C@H](CC(C)C)NC(=O)[C@H](CCCN=C(N)N)NC(=O)[C@@H](N)C(C)C)[C@@H](C)CC)C(C)C)C(=O)N[C@@H](Cc1c[nH]c2ccccc12)C(=O)N[C@@H](CCCN=C(N)N)C(=O)N[C@@H](CCCN=C(N)N)C(N)=O. The first-order chi connectivity index (χ1) is 51.3. The summed E-state index contributed by atoms with van der Waals surface area (Å²) in [4.78, 5) is 189. The third-order valence-electron chi connectivity index (χ3n) is 18.1. The van der Waals surface area contributed by atoms with Crippen LogP contribution in [0.1, 0.15) is 159 Å². The highest BCUT2D eigenvalue weighted by atomic mass is 16.2. The molecule has 2 rings (SSSR count). The molecule has 2 aromatic rings. The van der Waals surface area contributed by atoms with E-state index in [-0.39, 0.29) is 139 Å². The summed E-state index contributed by atoms with van der Waals surface area (Å²) in [5.74, 6) is -12.7. The van der Waals surface area contributed by atoms with Crippen LogP contribution in [-0.4, -0.2) is 205 Å². The lowest BCUT2D eigenvalue weighted by molar-refractivity contribution is -0.137. The first kappa shape index (κ1) is 94.5. The number of rotatable bonds is 51. The number of fused-ring (bicyclic) bond motifs is 1. The molecule has 0 unspecified atom stereocenters. The Kier molecular flexibility index (Phi) is 42.2. The summed E-state index contributed by atoms with van der Waals surface area (Å²) in [6, 6.07) is -8.38. The number of aromatic nitrogens is 1. The third kappa shape index (κ3) is 34.5. The van der Waals surface area contributed by atoms with Gasteiger partial charge < -0.3 is 127 Å². The molecule has 0 aliphatic heterocycles. The summed E-state index contributed by atoms with van der Waals surface area (Å²) in [5.41, 5.74) is 63.4. The number of nitrogens with two attached hydrogens (primary N) is 11. The largest absolute Gasteiger partial charge is 0.370 e. The molecule has 12 amide bonds. The van der Waals surface area contributed by atoms with Crippen molar-refractivity contribution in [1.29, 1.82) is 0 Å². The molecule has 0 spiro atoms. The summed E-state index contributed by atoms with van der Waals surface area (Å²) >= 11 is 0. The van der Waals surface area contributed by atoms with Gasteiger partial charge >= 0.3 is 0 Å². The second kappa shape index (κ2) is 48.7. The van der Waals surface area contributed by atoms with Crippen LogP contribution in [-0.2, 0) is 64.0 Å². The van der Waals surface area contributed by atoms with E-state index in [1.807, 2.05) is 19.9 Å². The molecule has 0 fully saturated rings. The molecule has 0 saturated carbocycles. The fourth-order valence-electron chi connectivity index (χ4n) is 11.3. The Morgan fingerprint density at radius 1 is 0.394 bits per heavy atom. The number of nitrogens with one attached hydrogen (secondary N) is 12. The van der Waals surface area contributed by atoms with E-state index in [0.29, 0.717) is 29.3 Å².